The first-order chi connectivity index (χ1) is 9.62. The van der Waals surface area contributed by atoms with Crippen LogP contribution in [0.3, 0.4) is 0 Å². The van der Waals surface area contributed by atoms with Crippen molar-refractivity contribution in [3.63, 3.8) is 0 Å². The minimum atomic E-state index is -0.441. The zero-order chi connectivity index (χ0) is 15.0. The van der Waals surface area contributed by atoms with E-state index in [1.54, 1.807) is 21.1 Å². The van der Waals surface area contributed by atoms with Crippen molar-refractivity contribution in [3.05, 3.63) is 24.3 Å². The van der Waals surface area contributed by atoms with Crippen LogP contribution in [-0.2, 0) is 14.3 Å². The van der Waals surface area contributed by atoms with E-state index in [0.717, 1.165) is 11.4 Å². The Labute approximate surface area is 120 Å². The number of ether oxygens (including phenoxy) is 3. The van der Waals surface area contributed by atoms with Crippen molar-refractivity contribution in [2.45, 2.75) is 19.9 Å². The zero-order valence-corrected chi connectivity index (χ0v) is 12.5. The molecule has 0 aromatic heterocycles. The fraction of sp³-hybridized carbons (Fsp3) is 0.533. The molecule has 1 rings (SSSR count). The second-order valence-corrected chi connectivity index (χ2v) is 4.54. The number of carbonyl (C=O) groups is 1. The lowest BCUT2D eigenvalue weighted by molar-refractivity contribution is -0.145. The molecule has 0 saturated heterocycles. The topological polar surface area (TPSA) is 56.8 Å². The molecule has 5 nitrogen and oxygen atoms in total. The molecule has 0 radical (unpaired) electrons. The highest BCUT2D eigenvalue weighted by atomic mass is 16.5. The number of hydrogen-bond donors (Lipinski definition) is 1. The first-order valence-electron chi connectivity index (χ1n) is 6.68. The largest absolute Gasteiger partial charge is 0.497 e. The summed E-state index contributed by atoms with van der Waals surface area (Å²) < 4.78 is 15.3. The van der Waals surface area contributed by atoms with Gasteiger partial charge in [0.1, 0.15) is 11.8 Å². The van der Waals surface area contributed by atoms with Gasteiger partial charge in [-0.05, 0) is 31.2 Å². The normalized spacial score (nSPS) is 13.4. The summed E-state index contributed by atoms with van der Waals surface area (Å²) in [7, 11) is 3.23. The van der Waals surface area contributed by atoms with Crippen LogP contribution in [-0.4, -0.2) is 39.4 Å². The van der Waals surface area contributed by atoms with Crippen LogP contribution in [0.1, 0.15) is 13.8 Å². The third-order valence-corrected chi connectivity index (χ3v) is 2.95. The summed E-state index contributed by atoms with van der Waals surface area (Å²) >= 11 is 0. The Morgan fingerprint density at radius 1 is 1.25 bits per heavy atom. The van der Waals surface area contributed by atoms with Gasteiger partial charge < -0.3 is 19.5 Å². The third kappa shape index (κ3) is 4.74. The molecule has 2 atom stereocenters. The van der Waals surface area contributed by atoms with Gasteiger partial charge in [0, 0.05) is 18.7 Å². The molecule has 0 aliphatic heterocycles. The molecule has 0 fully saturated rings. The first-order valence-corrected chi connectivity index (χ1v) is 6.68. The zero-order valence-electron chi connectivity index (χ0n) is 12.5. The van der Waals surface area contributed by atoms with E-state index in [1.165, 1.54) is 0 Å². The van der Waals surface area contributed by atoms with Crippen LogP contribution in [0.5, 0.6) is 5.75 Å². The van der Waals surface area contributed by atoms with Gasteiger partial charge >= 0.3 is 5.97 Å². The predicted octanol–water partition coefficient (Wildman–Crippen LogP) is 2.32. The number of rotatable bonds is 8. The predicted molar refractivity (Wildman–Crippen MR) is 78.1 cm³/mol. The molecular weight excluding hydrogens is 258 g/mol. The molecular formula is C15H23NO4. The Morgan fingerprint density at radius 2 is 1.90 bits per heavy atom. The molecule has 1 aromatic rings. The van der Waals surface area contributed by atoms with Crippen molar-refractivity contribution in [2.24, 2.45) is 5.92 Å². The summed E-state index contributed by atoms with van der Waals surface area (Å²) in [5.74, 6) is 0.502. The van der Waals surface area contributed by atoms with Crippen molar-refractivity contribution < 1.29 is 19.0 Å². The summed E-state index contributed by atoms with van der Waals surface area (Å²) in [5.41, 5.74) is 0.840. The lowest BCUT2D eigenvalue weighted by Crippen LogP contribution is -2.39. The van der Waals surface area contributed by atoms with Gasteiger partial charge in [-0.15, -0.1) is 0 Å². The maximum Gasteiger partial charge on any atom is 0.328 e. The Morgan fingerprint density at radius 3 is 2.40 bits per heavy atom. The van der Waals surface area contributed by atoms with Gasteiger partial charge in [0.15, 0.2) is 0 Å². The van der Waals surface area contributed by atoms with Gasteiger partial charge in [0.05, 0.1) is 20.3 Å². The number of methoxy groups -OCH3 is 2. The Hall–Kier alpha value is -1.75. The summed E-state index contributed by atoms with van der Waals surface area (Å²) in [6, 6.07) is 6.97. The van der Waals surface area contributed by atoms with E-state index in [-0.39, 0.29) is 11.9 Å². The van der Waals surface area contributed by atoms with Gasteiger partial charge in [0.25, 0.3) is 0 Å². The maximum atomic E-state index is 12.0. The average molecular weight is 281 g/mol. The second-order valence-electron chi connectivity index (χ2n) is 4.54. The summed E-state index contributed by atoms with van der Waals surface area (Å²) in [6.07, 6.45) is 0. The molecule has 1 aromatic carbocycles. The molecule has 0 saturated carbocycles. The highest BCUT2D eigenvalue weighted by Crippen LogP contribution is 2.18. The maximum absolute atomic E-state index is 12.0. The van der Waals surface area contributed by atoms with Crippen LogP contribution in [0.15, 0.2) is 24.3 Å². The quantitative estimate of drug-likeness (QED) is 0.741. The summed E-state index contributed by atoms with van der Waals surface area (Å²) in [6.45, 7) is 4.58. The van der Waals surface area contributed by atoms with Crippen LogP contribution < -0.4 is 10.1 Å². The Kier molecular flexibility index (Phi) is 6.87. The van der Waals surface area contributed by atoms with E-state index in [0.29, 0.717) is 13.2 Å². The molecule has 2 unspecified atom stereocenters. The molecule has 5 heteroatoms. The number of anilines is 1. The minimum Gasteiger partial charge on any atom is -0.497 e. The highest BCUT2D eigenvalue weighted by molar-refractivity contribution is 5.79. The minimum absolute atomic E-state index is 0.00107. The molecule has 1 N–H and O–H groups in total. The van der Waals surface area contributed by atoms with Crippen LogP contribution in [0.4, 0.5) is 5.69 Å². The van der Waals surface area contributed by atoms with E-state index < -0.39 is 6.04 Å². The second kappa shape index (κ2) is 8.43. The lowest BCUT2D eigenvalue weighted by Gasteiger charge is -2.24. The number of carbonyl (C=O) groups excluding carboxylic acids is 1. The molecule has 20 heavy (non-hydrogen) atoms. The Bertz CT molecular complexity index is 405. The van der Waals surface area contributed by atoms with Crippen LogP contribution in [0, 0.1) is 5.92 Å². The first kappa shape index (κ1) is 16.3. The van der Waals surface area contributed by atoms with Crippen molar-refractivity contribution >= 4 is 11.7 Å². The van der Waals surface area contributed by atoms with E-state index >= 15 is 0 Å². The standard InChI is InChI=1S/C15H23NO4/c1-5-20-15(17)14(11(2)10-18-3)16-12-6-8-13(19-4)9-7-12/h6-9,11,14,16H,5,10H2,1-4H3. The van der Waals surface area contributed by atoms with Gasteiger partial charge in [-0.2, -0.15) is 0 Å². The smallest absolute Gasteiger partial charge is 0.328 e. The molecule has 0 bridgehead atoms. The number of hydrogen-bond acceptors (Lipinski definition) is 5. The monoisotopic (exact) mass is 281 g/mol. The molecule has 0 amide bonds. The van der Waals surface area contributed by atoms with Crippen LogP contribution >= 0.6 is 0 Å². The molecule has 0 aliphatic rings. The summed E-state index contributed by atoms with van der Waals surface area (Å²) in [4.78, 5) is 12.0. The third-order valence-electron chi connectivity index (χ3n) is 2.95. The number of benzene rings is 1. The number of esters is 1. The summed E-state index contributed by atoms with van der Waals surface area (Å²) in [5, 5.41) is 3.19. The fourth-order valence-electron chi connectivity index (χ4n) is 1.89. The van der Waals surface area contributed by atoms with Crippen molar-refractivity contribution in [1.29, 1.82) is 0 Å². The highest BCUT2D eigenvalue weighted by Gasteiger charge is 2.26. The van der Waals surface area contributed by atoms with E-state index in [9.17, 15) is 4.79 Å². The van der Waals surface area contributed by atoms with Gasteiger partial charge in [-0.25, -0.2) is 4.79 Å². The van der Waals surface area contributed by atoms with E-state index in [1.807, 2.05) is 31.2 Å². The fourth-order valence-corrected chi connectivity index (χ4v) is 1.89. The van der Waals surface area contributed by atoms with Gasteiger partial charge in [-0.1, -0.05) is 6.92 Å². The Balaban J connectivity index is 2.78. The van der Waals surface area contributed by atoms with Gasteiger partial charge in [-0.3, -0.25) is 0 Å². The van der Waals surface area contributed by atoms with E-state index in [2.05, 4.69) is 5.32 Å². The van der Waals surface area contributed by atoms with Crippen LogP contribution in [0.25, 0.3) is 0 Å². The van der Waals surface area contributed by atoms with Crippen molar-refractivity contribution in [3.8, 4) is 5.75 Å². The van der Waals surface area contributed by atoms with Crippen molar-refractivity contribution in [2.75, 3.05) is 32.8 Å². The molecule has 0 heterocycles. The molecule has 112 valence electrons. The molecule has 0 aliphatic carbocycles. The lowest BCUT2D eigenvalue weighted by atomic mass is 10.0. The van der Waals surface area contributed by atoms with Crippen LogP contribution in [0.2, 0.25) is 0 Å². The molecule has 0 spiro atoms. The average Bonchev–Trinajstić information content (AvgIpc) is 2.45. The van der Waals surface area contributed by atoms with E-state index in [4.69, 9.17) is 14.2 Å². The van der Waals surface area contributed by atoms with Gasteiger partial charge in [0.2, 0.25) is 0 Å². The van der Waals surface area contributed by atoms with Crippen molar-refractivity contribution in [1.82, 2.24) is 0 Å². The number of nitrogens with one attached hydrogen (secondary N) is 1. The SMILES string of the molecule is CCOC(=O)C(Nc1ccc(OC)cc1)C(C)COC.